The number of nitrogens with zero attached hydrogens (tertiary/aromatic N) is 1. The molecule has 0 bridgehead atoms. The van der Waals surface area contributed by atoms with E-state index in [1.54, 1.807) is 30.3 Å². The van der Waals surface area contributed by atoms with Gasteiger partial charge in [0.15, 0.2) is 0 Å². The van der Waals surface area contributed by atoms with Crippen LogP contribution in [0.3, 0.4) is 0 Å². The number of nitrogens with one attached hydrogen (secondary N) is 2. The van der Waals surface area contributed by atoms with Crippen LogP contribution in [0.1, 0.15) is 23.2 Å². The molecular weight excluding hydrogens is 396 g/mol. The molecule has 0 radical (unpaired) electrons. The lowest BCUT2D eigenvalue weighted by atomic mass is 10.1. The van der Waals surface area contributed by atoms with Gasteiger partial charge >= 0.3 is 6.03 Å². The van der Waals surface area contributed by atoms with Crippen LogP contribution in [0, 0.1) is 0 Å². The van der Waals surface area contributed by atoms with Gasteiger partial charge in [0.2, 0.25) is 5.88 Å². The Morgan fingerprint density at radius 3 is 2.66 bits per heavy atom. The Kier molecular flexibility index (Phi) is 4.85. The summed E-state index contributed by atoms with van der Waals surface area (Å²) < 4.78 is 5.72. The summed E-state index contributed by atoms with van der Waals surface area (Å²) in [6.45, 7) is 0. The van der Waals surface area contributed by atoms with Gasteiger partial charge in [0, 0.05) is 29.6 Å². The average Bonchev–Trinajstić information content (AvgIpc) is 3.47. The number of ether oxygens (including phenoxy) is 1. The molecule has 3 aromatic rings. The van der Waals surface area contributed by atoms with E-state index in [1.165, 1.54) is 12.1 Å². The van der Waals surface area contributed by atoms with Gasteiger partial charge in [0.25, 0.3) is 5.91 Å². The molecule has 3 amide bonds. The molecule has 0 aliphatic heterocycles. The molecule has 0 saturated heterocycles. The Morgan fingerprint density at radius 2 is 1.97 bits per heavy atom. The smallest absolute Gasteiger partial charge is 0.319 e. The monoisotopic (exact) mass is 412 g/mol. The summed E-state index contributed by atoms with van der Waals surface area (Å²) in [7, 11) is 0. The van der Waals surface area contributed by atoms with E-state index in [2.05, 4.69) is 15.6 Å². The lowest BCUT2D eigenvalue weighted by molar-refractivity contribution is 0.0998. The zero-order valence-electron chi connectivity index (χ0n) is 15.1. The molecular formula is C20H17ClN4O4. The number of hydrogen-bond acceptors (Lipinski definition) is 5. The quantitative estimate of drug-likeness (QED) is 0.507. The largest absolute Gasteiger partial charge is 0.507 e. The van der Waals surface area contributed by atoms with Crippen LogP contribution >= 0.6 is 11.6 Å². The fourth-order valence-electron chi connectivity index (χ4n) is 2.75. The van der Waals surface area contributed by atoms with Crippen molar-refractivity contribution in [2.24, 2.45) is 5.73 Å². The number of aromatic hydroxyl groups is 1. The third kappa shape index (κ3) is 4.33. The minimum atomic E-state index is -0.723. The Balaban J connectivity index is 1.51. The first kappa shape index (κ1) is 18.8. The van der Waals surface area contributed by atoms with Crippen molar-refractivity contribution in [1.29, 1.82) is 0 Å². The zero-order valence-corrected chi connectivity index (χ0v) is 15.9. The lowest BCUT2D eigenvalue weighted by Crippen LogP contribution is -2.30. The second-order valence-corrected chi connectivity index (χ2v) is 7.10. The highest BCUT2D eigenvalue weighted by Gasteiger charge is 2.23. The van der Waals surface area contributed by atoms with Crippen molar-refractivity contribution in [3.63, 3.8) is 0 Å². The maximum Gasteiger partial charge on any atom is 0.319 e. The van der Waals surface area contributed by atoms with Crippen molar-refractivity contribution in [2.45, 2.75) is 18.9 Å². The van der Waals surface area contributed by atoms with E-state index in [4.69, 9.17) is 22.1 Å². The number of halogens is 1. The predicted molar refractivity (Wildman–Crippen MR) is 109 cm³/mol. The van der Waals surface area contributed by atoms with E-state index in [-0.39, 0.29) is 29.3 Å². The van der Waals surface area contributed by atoms with Crippen LogP contribution in [-0.4, -0.2) is 28.1 Å². The topological polar surface area (TPSA) is 127 Å². The number of urea groups is 1. The number of primary amides is 1. The summed E-state index contributed by atoms with van der Waals surface area (Å²) in [6.07, 6.45) is 1.99. The van der Waals surface area contributed by atoms with Crippen LogP contribution in [0.5, 0.6) is 17.4 Å². The number of benzene rings is 2. The second-order valence-electron chi connectivity index (χ2n) is 6.69. The van der Waals surface area contributed by atoms with E-state index in [0.717, 1.165) is 12.8 Å². The van der Waals surface area contributed by atoms with E-state index in [9.17, 15) is 14.7 Å². The van der Waals surface area contributed by atoms with E-state index >= 15 is 0 Å². The first-order valence-electron chi connectivity index (χ1n) is 8.87. The maximum absolute atomic E-state index is 11.8. The van der Waals surface area contributed by atoms with Gasteiger partial charge in [-0.3, -0.25) is 4.79 Å². The van der Waals surface area contributed by atoms with Gasteiger partial charge in [-0.25, -0.2) is 9.78 Å². The van der Waals surface area contributed by atoms with Crippen molar-refractivity contribution in [2.75, 3.05) is 5.32 Å². The second kappa shape index (κ2) is 7.48. The average molecular weight is 413 g/mol. The van der Waals surface area contributed by atoms with Crippen molar-refractivity contribution in [3.05, 3.63) is 53.1 Å². The van der Waals surface area contributed by atoms with Crippen molar-refractivity contribution in [1.82, 2.24) is 10.3 Å². The summed E-state index contributed by atoms with van der Waals surface area (Å²) in [6, 6.07) is 10.9. The standard InChI is InChI=1S/C20H17ClN4O4/c21-14-8-12(4-5-15(14)25-20(28)23-11-2-3-11)29-18-6-1-10-7-13(19(22)27)17(26)9-16(10)24-18/h1,4-9,11,26H,2-3H2,(H2,22,27)(H2,23,25,28). The summed E-state index contributed by atoms with van der Waals surface area (Å²) >= 11 is 6.24. The van der Waals surface area contributed by atoms with Crippen molar-refractivity contribution < 1.29 is 19.4 Å². The van der Waals surface area contributed by atoms with Gasteiger partial charge in [-0.15, -0.1) is 0 Å². The lowest BCUT2D eigenvalue weighted by Gasteiger charge is -2.11. The van der Waals surface area contributed by atoms with Crippen LogP contribution in [0.15, 0.2) is 42.5 Å². The van der Waals surface area contributed by atoms with E-state index in [1.807, 2.05) is 0 Å². The van der Waals surface area contributed by atoms with Gasteiger partial charge in [-0.1, -0.05) is 11.6 Å². The van der Waals surface area contributed by atoms with E-state index < -0.39 is 5.91 Å². The van der Waals surface area contributed by atoms with Gasteiger partial charge in [-0.2, -0.15) is 0 Å². The normalized spacial score (nSPS) is 13.1. The molecule has 1 aliphatic rings. The molecule has 1 heterocycles. The van der Waals surface area contributed by atoms with E-state index in [0.29, 0.717) is 27.4 Å². The molecule has 0 atom stereocenters. The first-order chi connectivity index (χ1) is 13.9. The van der Waals surface area contributed by atoms with Crippen molar-refractivity contribution >= 4 is 40.1 Å². The molecule has 29 heavy (non-hydrogen) atoms. The molecule has 1 aromatic heterocycles. The van der Waals surface area contributed by atoms with Crippen LogP contribution in [-0.2, 0) is 0 Å². The summed E-state index contributed by atoms with van der Waals surface area (Å²) in [5.41, 5.74) is 6.16. The van der Waals surface area contributed by atoms with Crippen molar-refractivity contribution in [3.8, 4) is 17.4 Å². The van der Waals surface area contributed by atoms with Gasteiger partial charge in [-0.05, 0) is 37.1 Å². The number of carbonyl (C=O) groups is 2. The highest BCUT2D eigenvalue weighted by Crippen LogP contribution is 2.31. The fourth-order valence-corrected chi connectivity index (χ4v) is 2.97. The number of phenols is 1. The SMILES string of the molecule is NC(=O)c1cc2ccc(Oc3ccc(NC(=O)NC4CC4)c(Cl)c3)nc2cc1O. The van der Waals surface area contributed by atoms with Gasteiger partial charge < -0.3 is 26.2 Å². The number of fused-ring (bicyclic) bond motifs is 1. The molecule has 2 aromatic carbocycles. The molecule has 1 aliphatic carbocycles. The van der Waals surface area contributed by atoms with Crippen LogP contribution in [0.25, 0.3) is 10.9 Å². The first-order valence-corrected chi connectivity index (χ1v) is 9.25. The molecule has 9 heteroatoms. The molecule has 1 saturated carbocycles. The number of nitrogens with two attached hydrogens (primary N) is 1. The number of anilines is 1. The number of pyridine rings is 1. The fraction of sp³-hybridized carbons (Fsp3) is 0.150. The molecule has 0 spiro atoms. The Morgan fingerprint density at radius 1 is 1.17 bits per heavy atom. The molecule has 5 N–H and O–H groups in total. The highest BCUT2D eigenvalue weighted by atomic mass is 35.5. The number of amides is 3. The zero-order chi connectivity index (χ0) is 20.5. The maximum atomic E-state index is 11.8. The minimum absolute atomic E-state index is 0.0218. The Hall–Kier alpha value is -3.52. The molecule has 148 valence electrons. The van der Waals surface area contributed by atoms with Gasteiger partial charge in [0.05, 0.1) is 21.8 Å². The minimum Gasteiger partial charge on any atom is -0.507 e. The molecule has 0 unspecified atom stereocenters. The highest BCUT2D eigenvalue weighted by molar-refractivity contribution is 6.33. The Bertz CT molecular complexity index is 1130. The van der Waals surface area contributed by atoms with Crippen LogP contribution in [0.2, 0.25) is 5.02 Å². The third-order valence-corrected chi connectivity index (χ3v) is 4.68. The molecule has 8 nitrogen and oxygen atoms in total. The van der Waals surface area contributed by atoms with Crippen LogP contribution < -0.4 is 21.1 Å². The summed E-state index contributed by atoms with van der Waals surface area (Å²) in [5.74, 6) is -0.281. The summed E-state index contributed by atoms with van der Waals surface area (Å²) in [4.78, 5) is 27.5. The number of aromatic nitrogens is 1. The van der Waals surface area contributed by atoms with Crippen LogP contribution in [0.4, 0.5) is 10.5 Å². The predicted octanol–water partition coefficient (Wildman–Crippen LogP) is 3.77. The van der Waals surface area contributed by atoms with Gasteiger partial charge in [0.1, 0.15) is 11.5 Å². The molecule has 1 fully saturated rings. The number of rotatable bonds is 5. The number of hydrogen-bond donors (Lipinski definition) is 4. The summed E-state index contributed by atoms with van der Waals surface area (Å²) in [5, 5.41) is 16.4. The molecule has 4 rings (SSSR count). The Labute approximate surface area is 170 Å². The number of carbonyl (C=O) groups excluding carboxylic acids is 2. The third-order valence-electron chi connectivity index (χ3n) is 4.37.